The third-order valence-corrected chi connectivity index (χ3v) is 5.85. The Bertz CT molecular complexity index is 586. The van der Waals surface area contributed by atoms with Gasteiger partial charge in [-0.25, -0.2) is 0 Å². The second-order valence-electron chi connectivity index (χ2n) is 7.05. The lowest BCUT2D eigenvalue weighted by Gasteiger charge is -2.33. The first-order valence-electron chi connectivity index (χ1n) is 9.14. The Balaban J connectivity index is 1.65. The van der Waals surface area contributed by atoms with E-state index in [0.29, 0.717) is 0 Å². The summed E-state index contributed by atoms with van der Waals surface area (Å²) >= 11 is 0. The number of para-hydroxylation sites is 1. The van der Waals surface area contributed by atoms with Gasteiger partial charge >= 0.3 is 0 Å². The number of hydrogen-bond acceptors (Lipinski definition) is 1. The van der Waals surface area contributed by atoms with E-state index >= 15 is 0 Å². The van der Waals surface area contributed by atoms with Gasteiger partial charge in [-0.1, -0.05) is 44.9 Å². The van der Waals surface area contributed by atoms with E-state index < -0.39 is 0 Å². The average molecular weight is 295 g/mol. The van der Waals surface area contributed by atoms with Crippen molar-refractivity contribution >= 4 is 10.9 Å². The lowest BCUT2D eigenvalue weighted by Crippen LogP contribution is -2.22. The molecule has 2 aromatic rings. The number of nitrogens with zero attached hydrogens (tertiary/aromatic N) is 1. The number of fused-ring (bicyclic) bond motifs is 1. The Labute approximate surface area is 135 Å². The van der Waals surface area contributed by atoms with E-state index in [0.717, 1.165) is 23.3 Å². The van der Waals surface area contributed by atoms with Crippen LogP contribution in [0.1, 0.15) is 57.9 Å². The van der Waals surface area contributed by atoms with Gasteiger partial charge in [-0.15, -0.1) is 0 Å². The topological polar surface area (TPSA) is 12.9 Å². The maximum absolute atomic E-state index is 4.49. The molecule has 1 saturated carbocycles. The van der Waals surface area contributed by atoms with E-state index in [-0.39, 0.29) is 0 Å². The molecule has 1 heterocycles. The van der Waals surface area contributed by atoms with Crippen molar-refractivity contribution in [3.63, 3.8) is 0 Å². The molecule has 0 aliphatic heterocycles. The van der Waals surface area contributed by atoms with Crippen molar-refractivity contribution in [2.75, 3.05) is 0 Å². The van der Waals surface area contributed by atoms with Gasteiger partial charge in [-0.3, -0.25) is 4.98 Å². The SMILES string of the molecule is CCC(CC)C1CCC(Cc2ccnc3ccccc23)CC1. The van der Waals surface area contributed by atoms with Gasteiger partial charge in [0, 0.05) is 11.6 Å². The molecule has 1 aromatic carbocycles. The van der Waals surface area contributed by atoms with Crippen molar-refractivity contribution in [2.24, 2.45) is 17.8 Å². The summed E-state index contributed by atoms with van der Waals surface area (Å²) in [6, 6.07) is 10.8. The fourth-order valence-electron chi connectivity index (χ4n) is 4.46. The average Bonchev–Trinajstić information content (AvgIpc) is 2.58. The van der Waals surface area contributed by atoms with Gasteiger partial charge in [0.15, 0.2) is 0 Å². The van der Waals surface area contributed by atoms with Crippen molar-refractivity contribution in [1.29, 1.82) is 0 Å². The molecule has 1 aliphatic carbocycles. The van der Waals surface area contributed by atoms with Crippen molar-refractivity contribution in [3.05, 3.63) is 42.1 Å². The minimum Gasteiger partial charge on any atom is -0.256 e. The summed E-state index contributed by atoms with van der Waals surface area (Å²) in [6.07, 6.45) is 11.7. The van der Waals surface area contributed by atoms with Crippen molar-refractivity contribution < 1.29 is 0 Å². The van der Waals surface area contributed by atoms with Crippen LogP contribution in [0.2, 0.25) is 0 Å². The smallest absolute Gasteiger partial charge is 0.0704 e. The Hall–Kier alpha value is -1.37. The summed E-state index contributed by atoms with van der Waals surface area (Å²) in [5, 5.41) is 1.35. The maximum Gasteiger partial charge on any atom is 0.0704 e. The van der Waals surface area contributed by atoms with Crippen LogP contribution in [0.5, 0.6) is 0 Å². The van der Waals surface area contributed by atoms with Crippen LogP contribution in [-0.4, -0.2) is 4.98 Å². The summed E-state index contributed by atoms with van der Waals surface area (Å²) in [5.41, 5.74) is 2.64. The molecular formula is C21H29N. The Morgan fingerprint density at radius 1 is 1.00 bits per heavy atom. The van der Waals surface area contributed by atoms with E-state index in [4.69, 9.17) is 0 Å². The van der Waals surface area contributed by atoms with Gasteiger partial charge in [0.2, 0.25) is 0 Å². The number of pyridine rings is 1. The van der Waals surface area contributed by atoms with Crippen LogP contribution in [0.4, 0.5) is 0 Å². The molecular weight excluding hydrogens is 266 g/mol. The third-order valence-electron chi connectivity index (χ3n) is 5.85. The number of rotatable bonds is 5. The van der Waals surface area contributed by atoms with Gasteiger partial charge in [-0.05, 0) is 67.6 Å². The summed E-state index contributed by atoms with van der Waals surface area (Å²) in [6.45, 7) is 4.73. The molecule has 0 unspecified atom stereocenters. The predicted molar refractivity (Wildman–Crippen MR) is 95.0 cm³/mol. The van der Waals surface area contributed by atoms with Gasteiger partial charge in [-0.2, -0.15) is 0 Å². The van der Waals surface area contributed by atoms with Gasteiger partial charge in [0.1, 0.15) is 0 Å². The molecule has 3 rings (SSSR count). The highest BCUT2D eigenvalue weighted by molar-refractivity contribution is 5.81. The highest BCUT2D eigenvalue weighted by Gasteiger charge is 2.26. The molecule has 0 bridgehead atoms. The molecule has 1 aliphatic rings. The van der Waals surface area contributed by atoms with Crippen LogP contribution in [0.25, 0.3) is 10.9 Å². The van der Waals surface area contributed by atoms with E-state index in [1.165, 1.54) is 55.9 Å². The molecule has 1 heteroatoms. The normalized spacial score (nSPS) is 22.3. The molecule has 1 nitrogen and oxygen atoms in total. The molecule has 0 N–H and O–H groups in total. The first-order chi connectivity index (χ1) is 10.8. The van der Waals surface area contributed by atoms with E-state index in [1.54, 1.807) is 0 Å². The van der Waals surface area contributed by atoms with Crippen LogP contribution >= 0.6 is 0 Å². The second-order valence-corrected chi connectivity index (χ2v) is 7.05. The summed E-state index contributed by atoms with van der Waals surface area (Å²) < 4.78 is 0. The van der Waals surface area contributed by atoms with Crippen molar-refractivity contribution in [2.45, 2.75) is 58.8 Å². The Morgan fingerprint density at radius 2 is 1.73 bits per heavy atom. The van der Waals surface area contributed by atoms with Crippen LogP contribution < -0.4 is 0 Å². The van der Waals surface area contributed by atoms with Crippen LogP contribution in [0, 0.1) is 17.8 Å². The highest BCUT2D eigenvalue weighted by atomic mass is 14.6. The molecule has 0 saturated heterocycles. The number of benzene rings is 1. The fourth-order valence-corrected chi connectivity index (χ4v) is 4.46. The molecule has 118 valence electrons. The lowest BCUT2D eigenvalue weighted by atomic mass is 9.72. The fraction of sp³-hybridized carbons (Fsp3) is 0.571. The minimum absolute atomic E-state index is 0.872. The highest BCUT2D eigenvalue weighted by Crippen LogP contribution is 2.37. The molecule has 0 amide bonds. The number of aromatic nitrogens is 1. The van der Waals surface area contributed by atoms with E-state index in [9.17, 15) is 0 Å². The molecule has 22 heavy (non-hydrogen) atoms. The third kappa shape index (κ3) is 3.34. The van der Waals surface area contributed by atoms with Gasteiger partial charge in [0.05, 0.1) is 5.52 Å². The minimum atomic E-state index is 0.872. The van der Waals surface area contributed by atoms with Crippen LogP contribution in [0.15, 0.2) is 36.5 Å². The monoisotopic (exact) mass is 295 g/mol. The van der Waals surface area contributed by atoms with Crippen molar-refractivity contribution in [3.8, 4) is 0 Å². The number of hydrogen-bond donors (Lipinski definition) is 0. The molecule has 0 radical (unpaired) electrons. The first kappa shape index (κ1) is 15.5. The Kier molecular flexibility index (Phi) is 5.12. The zero-order chi connectivity index (χ0) is 15.4. The quantitative estimate of drug-likeness (QED) is 0.657. The largest absolute Gasteiger partial charge is 0.256 e. The summed E-state index contributed by atoms with van der Waals surface area (Å²) in [7, 11) is 0. The molecule has 0 spiro atoms. The predicted octanol–water partition coefficient (Wildman–Crippen LogP) is 6.02. The van der Waals surface area contributed by atoms with Gasteiger partial charge in [0.25, 0.3) is 0 Å². The molecule has 1 aromatic heterocycles. The van der Waals surface area contributed by atoms with E-state index in [2.05, 4.69) is 49.2 Å². The Morgan fingerprint density at radius 3 is 2.45 bits per heavy atom. The van der Waals surface area contributed by atoms with E-state index in [1.807, 2.05) is 6.20 Å². The molecule has 0 atom stereocenters. The summed E-state index contributed by atoms with van der Waals surface area (Å²) in [5.74, 6) is 2.82. The maximum atomic E-state index is 4.49. The van der Waals surface area contributed by atoms with Crippen LogP contribution in [-0.2, 0) is 6.42 Å². The second kappa shape index (κ2) is 7.26. The van der Waals surface area contributed by atoms with Gasteiger partial charge < -0.3 is 0 Å². The molecule has 1 fully saturated rings. The standard InChI is InChI=1S/C21H29N/c1-3-17(4-2)18-11-9-16(10-12-18)15-19-13-14-22-21-8-6-5-7-20(19)21/h5-8,13-14,16-18H,3-4,9-12,15H2,1-2H3. The lowest BCUT2D eigenvalue weighted by molar-refractivity contribution is 0.195. The van der Waals surface area contributed by atoms with Crippen LogP contribution in [0.3, 0.4) is 0 Å². The summed E-state index contributed by atoms with van der Waals surface area (Å²) in [4.78, 5) is 4.49. The zero-order valence-corrected chi connectivity index (χ0v) is 14.1. The van der Waals surface area contributed by atoms with Crippen molar-refractivity contribution in [1.82, 2.24) is 4.98 Å². The zero-order valence-electron chi connectivity index (χ0n) is 14.1. The first-order valence-corrected chi connectivity index (χ1v) is 9.14.